The summed E-state index contributed by atoms with van der Waals surface area (Å²) in [7, 11) is -3.43. The number of fused-ring (bicyclic) bond motifs is 2. The zero-order chi connectivity index (χ0) is 75.5. The highest BCUT2D eigenvalue weighted by Gasteiger charge is 2.24. The lowest BCUT2D eigenvalue weighted by Gasteiger charge is -2.25. The quantitative estimate of drug-likeness (QED) is 0.0419. The number of benzene rings is 9. The molecule has 14 rings (SSSR count). The summed E-state index contributed by atoms with van der Waals surface area (Å²) >= 11 is 0. The molecule has 0 aliphatic carbocycles. The van der Waals surface area contributed by atoms with Gasteiger partial charge in [0.25, 0.3) is 16.0 Å². The van der Waals surface area contributed by atoms with Crippen molar-refractivity contribution in [2.45, 2.75) is 102 Å². The number of likely N-dealkylation sites (tertiary alicyclic amines) is 3. The molecule has 20 heteroatoms. The van der Waals surface area contributed by atoms with Crippen molar-refractivity contribution in [2.24, 2.45) is 15.7 Å². The second kappa shape index (κ2) is 40.4. The van der Waals surface area contributed by atoms with Gasteiger partial charge in [0.05, 0.1) is 37.6 Å². The predicted octanol–water partition coefficient (Wildman–Crippen LogP) is 16.7. The van der Waals surface area contributed by atoms with Crippen molar-refractivity contribution in [2.75, 3.05) is 78.4 Å². The molecule has 5 atom stereocenters. The Morgan fingerprint density at radius 1 is 0.472 bits per heavy atom. The second-order valence-electron chi connectivity index (χ2n) is 27.5. The molecule has 0 radical (unpaired) electrons. The van der Waals surface area contributed by atoms with Crippen LogP contribution >= 0.6 is 0 Å². The van der Waals surface area contributed by atoms with Crippen LogP contribution in [-0.2, 0) is 27.4 Å². The number of aliphatic hydroxyl groups is 1. The Morgan fingerprint density at radius 2 is 0.849 bits per heavy atom. The third-order valence-electron chi connectivity index (χ3n) is 19.1. The number of aliphatic imine (C=N–C) groups is 2. The van der Waals surface area contributed by atoms with E-state index >= 15 is 0 Å². The lowest BCUT2D eigenvalue weighted by molar-refractivity contribution is 0.0696. The number of amides is 1. The molecule has 5 aliphatic rings. The third kappa shape index (κ3) is 25.7. The van der Waals surface area contributed by atoms with Gasteiger partial charge >= 0.3 is 5.97 Å². The normalized spacial score (nSPS) is 15.8. The van der Waals surface area contributed by atoms with Gasteiger partial charge in [0.2, 0.25) is 0 Å². The molecule has 106 heavy (non-hydrogen) atoms. The molecule has 9 aromatic carbocycles. The number of nitrogens with one attached hydrogen (secondary N) is 1. The SMILES string of the molecule is CC(CN1CCCC1)c1cccc(F)c1.CC(CO)c1cccc(F)c1.CC(COS(C)(=O)=O)c1cccc(F)c1.NC(CN1CCCC1)c1cccc(F)c1.O=C(NC(CN1CCCC1)c1cccc(F)c1)c1cccc(-c2ccc3c(c2)C=NC3)c1.O=C(O)c1cccc(-c2ccc3c(c2)C=NC3)c1. The fourth-order valence-corrected chi connectivity index (χ4v) is 13.5. The maximum Gasteiger partial charge on any atom is 0.335 e. The summed E-state index contributed by atoms with van der Waals surface area (Å²) in [5.74, 6) is -1.96. The molecule has 14 nitrogen and oxygen atoms in total. The van der Waals surface area contributed by atoms with Gasteiger partial charge in [0.1, 0.15) is 29.1 Å². The molecule has 558 valence electrons. The van der Waals surface area contributed by atoms with Gasteiger partial charge in [-0.15, -0.1) is 0 Å². The minimum absolute atomic E-state index is 0.0192. The molecule has 0 spiro atoms. The van der Waals surface area contributed by atoms with Crippen molar-refractivity contribution in [1.82, 2.24) is 20.0 Å². The topological polar surface area (TPSA) is 190 Å². The lowest BCUT2D eigenvalue weighted by Crippen LogP contribution is -2.37. The van der Waals surface area contributed by atoms with Crippen LogP contribution < -0.4 is 11.1 Å². The number of carboxylic acid groups (broad SMARTS) is 1. The van der Waals surface area contributed by atoms with Gasteiger partial charge in [-0.3, -0.25) is 19.0 Å². The van der Waals surface area contributed by atoms with E-state index in [-0.39, 0.29) is 72.1 Å². The van der Waals surface area contributed by atoms with E-state index < -0.39 is 16.1 Å². The van der Waals surface area contributed by atoms with E-state index in [0.29, 0.717) is 23.6 Å². The van der Waals surface area contributed by atoms with Crippen LogP contribution in [0.1, 0.15) is 160 Å². The number of aromatic carboxylic acids is 1. The first kappa shape index (κ1) is 80.7. The van der Waals surface area contributed by atoms with E-state index in [1.807, 2.05) is 92.1 Å². The molecule has 9 aromatic rings. The Hall–Kier alpha value is -9.38. The van der Waals surface area contributed by atoms with Crippen molar-refractivity contribution in [3.05, 3.63) is 297 Å². The Bertz CT molecular complexity index is 4460. The van der Waals surface area contributed by atoms with E-state index in [2.05, 4.69) is 59.3 Å². The summed E-state index contributed by atoms with van der Waals surface area (Å²) in [6.45, 7) is 16.6. The molecule has 0 bridgehead atoms. The van der Waals surface area contributed by atoms with E-state index in [0.717, 1.165) is 133 Å². The van der Waals surface area contributed by atoms with E-state index in [9.17, 15) is 40.0 Å². The summed E-state index contributed by atoms with van der Waals surface area (Å²) in [6, 6.07) is 59.1. The van der Waals surface area contributed by atoms with Crippen molar-refractivity contribution < 1.29 is 54.4 Å². The molecule has 0 aromatic heterocycles. The van der Waals surface area contributed by atoms with E-state index in [1.165, 1.54) is 104 Å². The predicted molar refractivity (Wildman–Crippen MR) is 413 cm³/mol. The summed E-state index contributed by atoms with van der Waals surface area (Å²) in [6.07, 6.45) is 12.2. The molecule has 5 heterocycles. The van der Waals surface area contributed by atoms with Gasteiger partial charge in [0, 0.05) is 62.1 Å². The van der Waals surface area contributed by atoms with Crippen LogP contribution in [0, 0.1) is 29.1 Å². The molecule has 5 N–H and O–H groups in total. The highest BCUT2D eigenvalue weighted by Crippen LogP contribution is 2.29. The van der Waals surface area contributed by atoms with Crippen molar-refractivity contribution >= 4 is 34.4 Å². The number of hydrogen-bond donors (Lipinski definition) is 4. The van der Waals surface area contributed by atoms with Gasteiger partial charge in [-0.2, -0.15) is 8.42 Å². The number of aliphatic hydroxyl groups excluding tert-OH is 1. The Labute approximate surface area is 620 Å². The number of nitrogens with zero attached hydrogens (tertiary/aromatic N) is 5. The summed E-state index contributed by atoms with van der Waals surface area (Å²) in [4.78, 5) is 39.8. The van der Waals surface area contributed by atoms with E-state index in [1.54, 1.807) is 67.6 Å². The number of carbonyl (C=O) groups is 2. The third-order valence-corrected chi connectivity index (χ3v) is 19.7. The Kier molecular flexibility index (Phi) is 30.7. The maximum absolute atomic E-state index is 13.9. The highest BCUT2D eigenvalue weighted by atomic mass is 32.2. The van der Waals surface area contributed by atoms with Crippen molar-refractivity contribution in [3.63, 3.8) is 0 Å². The second-order valence-corrected chi connectivity index (χ2v) is 29.2. The standard InChI is InChI=1S/C27H26FN3O.C15H11NO2.C13H18FN.C12H17FN2.C10H13FO3S.C9H11FO/c28-25-8-4-6-21(15-25)26(18-31-11-1-2-12-31)30-27(32)22-7-3-5-19(13-22)20-9-10-23-16-29-17-24(23)14-20;17-15(18)12-3-1-2-10(6-12)11-4-5-13-8-16-9-14(13)7-11;1-11(10-15-7-2-3-8-15)12-5-4-6-13(14)9-12;13-11-5-3-4-10(8-11)12(14)9-15-6-1-2-7-15;1-8(7-14-15(2,12)13)9-4-3-5-10(11)6-9;1-7(6-11)8-3-2-4-9(10)5-8/h3-10,13-15,17,26H,1-2,11-12,16,18H2,(H,30,32);1-7,9H,8H2,(H,17,18);4-6,9,11H,2-3,7-8,10H2,1H3;3-5,8,12H,1-2,6-7,9,14H2;3-6,8H,7H2,1-2H3;2-5,7,11H,6H2,1H3. The molecule has 0 saturated carbocycles. The van der Waals surface area contributed by atoms with Crippen LogP contribution in [0.25, 0.3) is 22.3 Å². The average Bonchev–Trinajstić information content (AvgIpc) is 1.54. The van der Waals surface area contributed by atoms with Crippen LogP contribution in [0.2, 0.25) is 0 Å². The number of hydrogen-bond acceptors (Lipinski definition) is 12. The van der Waals surface area contributed by atoms with Crippen molar-refractivity contribution in [1.29, 1.82) is 0 Å². The van der Waals surface area contributed by atoms with Crippen LogP contribution in [0.4, 0.5) is 22.0 Å². The fourth-order valence-electron chi connectivity index (χ4n) is 13.1. The fraction of sp³-hybridized carbons (Fsp3) is 0.326. The smallest absolute Gasteiger partial charge is 0.335 e. The molecule has 3 saturated heterocycles. The van der Waals surface area contributed by atoms with Crippen LogP contribution in [0.15, 0.2) is 216 Å². The molecule has 5 unspecified atom stereocenters. The van der Waals surface area contributed by atoms with Gasteiger partial charge in [0.15, 0.2) is 0 Å². The minimum atomic E-state index is -3.43. The summed E-state index contributed by atoms with van der Waals surface area (Å²) in [5, 5.41) is 20.9. The summed E-state index contributed by atoms with van der Waals surface area (Å²) in [5.41, 5.74) is 20.0. The van der Waals surface area contributed by atoms with Crippen molar-refractivity contribution in [3.8, 4) is 22.3 Å². The molecular formula is C86H96F5N7O7S. The number of rotatable bonds is 20. The number of carbonyl (C=O) groups excluding carboxylic acids is 1. The van der Waals surface area contributed by atoms with Crippen LogP contribution in [0.3, 0.4) is 0 Å². The van der Waals surface area contributed by atoms with Gasteiger partial charge < -0.3 is 36.0 Å². The first-order valence-corrected chi connectivity index (χ1v) is 38.0. The Balaban J connectivity index is 0.000000153. The van der Waals surface area contributed by atoms with Gasteiger partial charge in [-0.25, -0.2) is 26.7 Å². The first-order chi connectivity index (χ1) is 51.0. The lowest BCUT2D eigenvalue weighted by atomic mass is 9.98. The van der Waals surface area contributed by atoms with E-state index in [4.69, 9.17) is 15.9 Å². The van der Waals surface area contributed by atoms with Crippen LogP contribution in [0.5, 0.6) is 0 Å². The molecular weight excluding hydrogens is 1370 g/mol. The highest BCUT2D eigenvalue weighted by molar-refractivity contribution is 7.86. The monoisotopic (exact) mass is 1470 g/mol. The first-order valence-electron chi connectivity index (χ1n) is 36.2. The van der Waals surface area contributed by atoms with Gasteiger partial charge in [-0.1, -0.05) is 130 Å². The minimum Gasteiger partial charge on any atom is -0.478 e. The zero-order valence-corrected chi connectivity index (χ0v) is 61.5. The number of halogens is 5. The van der Waals surface area contributed by atoms with Gasteiger partial charge in [-0.05, 0) is 253 Å². The Morgan fingerprint density at radius 3 is 1.30 bits per heavy atom. The average molecular weight is 1470 g/mol. The number of carboxylic acids is 1. The van der Waals surface area contributed by atoms with Crippen LogP contribution in [-0.4, -0.2) is 136 Å². The number of nitrogens with two attached hydrogens (primary N) is 1. The molecule has 1 amide bonds. The zero-order valence-electron chi connectivity index (χ0n) is 60.7. The largest absolute Gasteiger partial charge is 0.478 e. The maximum atomic E-state index is 13.9. The molecule has 3 fully saturated rings. The summed E-state index contributed by atoms with van der Waals surface area (Å²) < 4.78 is 91.4. The molecule has 5 aliphatic heterocycles.